The average molecular weight is 394 g/mol. The molecule has 28 heavy (non-hydrogen) atoms. The van der Waals surface area contributed by atoms with Crippen LogP contribution in [-0.4, -0.2) is 19.7 Å². The second-order valence-corrected chi connectivity index (χ2v) is 7.77. The van der Waals surface area contributed by atoms with Gasteiger partial charge in [-0.3, -0.25) is 4.79 Å². The van der Waals surface area contributed by atoms with E-state index in [1.54, 1.807) is 18.2 Å². The van der Waals surface area contributed by atoms with Gasteiger partial charge in [0.1, 0.15) is 5.82 Å². The monoisotopic (exact) mass is 394 g/mol. The number of nitrogens with zero attached hydrogens (tertiary/aromatic N) is 3. The topological polar surface area (TPSA) is 63.6 Å². The molecule has 2 aromatic carbocycles. The molecule has 4 rings (SSSR count). The van der Waals surface area contributed by atoms with Crippen LogP contribution in [-0.2, 0) is 12.8 Å². The van der Waals surface area contributed by atoms with Gasteiger partial charge in [0.15, 0.2) is 16.4 Å². The number of rotatable bonds is 4. The lowest BCUT2D eigenvalue weighted by atomic mass is 10.1. The molecule has 142 valence electrons. The van der Waals surface area contributed by atoms with Crippen LogP contribution in [0.3, 0.4) is 0 Å². The van der Waals surface area contributed by atoms with Crippen LogP contribution in [0.2, 0.25) is 0 Å². The van der Waals surface area contributed by atoms with Crippen LogP contribution >= 0.6 is 11.8 Å². The fraction of sp³-hybridized carbons (Fsp3) is 0.190. The number of hydrogen-bond acceptors (Lipinski definition) is 4. The number of thioether (sulfide) groups is 1. The number of aromatic nitrogens is 4. The summed E-state index contributed by atoms with van der Waals surface area (Å²) in [6, 6.07) is 11.9. The fourth-order valence-corrected chi connectivity index (χ4v) is 4.19. The largest absolute Gasteiger partial charge is 0.357 e. The van der Waals surface area contributed by atoms with Gasteiger partial charge in [-0.05, 0) is 43.2 Å². The Labute approximate surface area is 165 Å². The van der Waals surface area contributed by atoms with Gasteiger partial charge in [0.25, 0.3) is 0 Å². The summed E-state index contributed by atoms with van der Waals surface area (Å²) in [7, 11) is 1.85. The second-order valence-electron chi connectivity index (χ2n) is 6.83. The van der Waals surface area contributed by atoms with E-state index in [1.165, 1.54) is 23.9 Å². The van der Waals surface area contributed by atoms with Crippen LogP contribution in [0.5, 0.6) is 0 Å². The molecule has 0 aliphatic rings. The van der Waals surface area contributed by atoms with Crippen LogP contribution in [0.15, 0.2) is 52.4 Å². The first kappa shape index (κ1) is 18.4. The number of pyridine rings is 1. The highest BCUT2D eigenvalue weighted by atomic mass is 32.2. The van der Waals surface area contributed by atoms with Crippen molar-refractivity contribution in [3.8, 4) is 11.4 Å². The molecular weight excluding hydrogens is 375 g/mol. The number of aryl methyl sites for hydroxylation is 2. The zero-order valence-corrected chi connectivity index (χ0v) is 16.6. The van der Waals surface area contributed by atoms with Crippen molar-refractivity contribution in [1.29, 1.82) is 0 Å². The van der Waals surface area contributed by atoms with Gasteiger partial charge in [-0.1, -0.05) is 30.0 Å². The van der Waals surface area contributed by atoms with E-state index in [0.29, 0.717) is 22.3 Å². The van der Waals surface area contributed by atoms with E-state index in [0.717, 1.165) is 27.7 Å². The van der Waals surface area contributed by atoms with Crippen LogP contribution in [0.4, 0.5) is 4.39 Å². The smallest absolute Gasteiger partial charge is 0.191 e. The van der Waals surface area contributed by atoms with Crippen LogP contribution in [0.1, 0.15) is 16.8 Å². The van der Waals surface area contributed by atoms with Crippen molar-refractivity contribution in [3.05, 3.63) is 75.3 Å². The number of benzene rings is 2. The van der Waals surface area contributed by atoms with E-state index in [4.69, 9.17) is 0 Å². The normalized spacial score (nSPS) is 11.3. The summed E-state index contributed by atoms with van der Waals surface area (Å²) in [5.74, 6) is 0.835. The first-order valence-electron chi connectivity index (χ1n) is 8.83. The van der Waals surface area contributed by atoms with E-state index in [1.807, 2.05) is 37.6 Å². The maximum Gasteiger partial charge on any atom is 0.191 e. The standard InChI is InChI=1S/C21H19FN4OS/c1-12-7-13(2)19-17(8-12)23-16(10-18(19)27)11-28-21-25-24-20(26(21)3)14-5-4-6-15(22)9-14/h4-10H,11H2,1-3H3,(H,23,27). The zero-order chi connectivity index (χ0) is 19.8. The number of halogens is 1. The first-order chi connectivity index (χ1) is 13.4. The second kappa shape index (κ2) is 7.24. The van der Waals surface area contributed by atoms with Crippen molar-refractivity contribution in [3.63, 3.8) is 0 Å². The summed E-state index contributed by atoms with van der Waals surface area (Å²) < 4.78 is 15.3. The minimum atomic E-state index is -0.311. The molecule has 1 N–H and O–H groups in total. The highest BCUT2D eigenvalue weighted by molar-refractivity contribution is 7.98. The Kier molecular flexibility index (Phi) is 4.77. The van der Waals surface area contributed by atoms with Crippen molar-refractivity contribution in [1.82, 2.24) is 19.7 Å². The maximum absolute atomic E-state index is 13.5. The number of aromatic amines is 1. The first-order valence-corrected chi connectivity index (χ1v) is 9.82. The van der Waals surface area contributed by atoms with Crippen LogP contribution in [0, 0.1) is 19.7 Å². The van der Waals surface area contributed by atoms with Gasteiger partial charge >= 0.3 is 0 Å². The summed E-state index contributed by atoms with van der Waals surface area (Å²) in [6.07, 6.45) is 0. The van der Waals surface area contributed by atoms with Crippen LogP contribution in [0.25, 0.3) is 22.3 Å². The van der Waals surface area contributed by atoms with Crippen LogP contribution < -0.4 is 5.43 Å². The number of fused-ring (bicyclic) bond motifs is 1. The molecule has 0 radical (unpaired) electrons. The molecule has 2 heterocycles. The predicted octanol–water partition coefficient (Wildman–Crippen LogP) is 4.37. The third-order valence-electron chi connectivity index (χ3n) is 4.60. The van der Waals surface area contributed by atoms with Gasteiger partial charge < -0.3 is 9.55 Å². The van der Waals surface area contributed by atoms with Gasteiger partial charge in [-0.15, -0.1) is 10.2 Å². The molecule has 0 saturated heterocycles. The Balaban J connectivity index is 1.61. The highest BCUT2D eigenvalue weighted by Gasteiger charge is 2.13. The van der Waals surface area contributed by atoms with E-state index in [2.05, 4.69) is 15.2 Å². The summed E-state index contributed by atoms with van der Waals surface area (Å²) in [6.45, 7) is 3.96. The van der Waals surface area contributed by atoms with Crippen molar-refractivity contribution < 1.29 is 4.39 Å². The van der Waals surface area contributed by atoms with Crippen molar-refractivity contribution in [2.24, 2.45) is 7.05 Å². The molecule has 0 spiro atoms. The Hall–Kier alpha value is -2.93. The molecule has 0 aliphatic heterocycles. The van der Waals surface area contributed by atoms with E-state index < -0.39 is 0 Å². The quantitative estimate of drug-likeness (QED) is 0.522. The minimum absolute atomic E-state index is 0.0141. The molecule has 2 aromatic heterocycles. The third kappa shape index (κ3) is 3.45. The minimum Gasteiger partial charge on any atom is -0.357 e. The molecule has 0 saturated carbocycles. The average Bonchev–Trinajstić information content (AvgIpc) is 2.99. The van der Waals surface area contributed by atoms with Gasteiger partial charge in [0.2, 0.25) is 0 Å². The van der Waals surface area contributed by atoms with Crippen molar-refractivity contribution in [2.75, 3.05) is 0 Å². The molecule has 0 aliphatic carbocycles. The van der Waals surface area contributed by atoms with Gasteiger partial charge in [0, 0.05) is 35.5 Å². The zero-order valence-electron chi connectivity index (χ0n) is 15.8. The molecule has 5 nitrogen and oxygen atoms in total. The molecule has 4 aromatic rings. The summed E-state index contributed by atoms with van der Waals surface area (Å²) in [4.78, 5) is 15.9. The third-order valence-corrected chi connectivity index (χ3v) is 5.67. The Morgan fingerprint density at radius 1 is 1.14 bits per heavy atom. The van der Waals surface area contributed by atoms with Crippen molar-refractivity contribution >= 4 is 22.7 Å². The lowest BCUT2D eigenvalue weighted by Crippen LogP contribution is -2.06. The Morgan fingerprint density at radius 2 is 1.96 bits per heavy atom. The molecule has 7 heteroatoms. The molecule has 0 fully saturated rings. The van der Waals surface area contributed by atoms with E-state index in [9.17, 15) is 9.18 Å². The molecule has 0 bridgehead atoms. The summed E-state index contributed by atoms with van der Waals surface area (Å²) in [5.41, 5.74) is 4.44. The summed E-state index contributed by atoms with van der Waals surface area (Å²) in [5, 5.41) is 9.82. The number of H-pyrrole nitrogens is 1. The predicted molar refractivity (Wildman–Crippen MR) is 110 cm³/mol. The number of hydrogen-bond donors (Lipinski definition) is 1. The molecule has 0 unspecified atom stereocenters. The van der Waals surface area contributed by atoms with E-state index >= 15 is 0 Å². The molecular formula is C21H19FN4OS. The maximum atomic E-state index is 13.5. The van der Waals surface area contributed by atoms with E-state index in [-0.39, 0.29) is 11.2 Å². The SMILES string of the molecule is Cc1cc(C)c2c(=O)cc(CSc3nnc(-c4cccc(F)c4)n3C)[nH]c2c1. The summed E-state index contributed by atoms with van der Waals surface area (Å²) >= 11 is 1.47. The molecule has 0 amide bonds. The highest BCUT2D eigenvalue weighted by Crippen LogP contribution is 2.25. The van der Waals surface area contributed by atoms with Gasteiger partial charge in [0.05, 0.1) is 5.52 Å². The fourth-order valence-electron chi connectivity index (χ4n) is 3.37. The van der Waals surface area contributed by atoms with Gasteiger partial charge in [-0.25, -0.2) is 4.39 Å². The lowest BCUT2D eigenvalue weighted by Gasteiger charge is -2.08. The van der Waals surface area contributed by atoms with Crippen molar-refractivity contribution in [2.45, 2.75) is 24.8 Å². The lowest BCUT2D eigenvalue weighted by molar-refractivity contribution is 0.628. The Bertz CT molecular complexity index is 1250. The number of nitrogens with one attached hydrogen (secondary N) is 1. The molecule has 0 atom stereocenters. The Morgan fingerprint density at radius 3 is 2.75 bits per heavy atom. The van der Waals surface area contributed by atoms with Gasteiger partial charge in [-0.2, -0.15) is 0 Å².